The van der Waals surface area contributed by atoms with Crippen LogP contribution < -0.4 is 0 Å². The molecule has 0 nitrogen and oxygen atoms in total. The molecule has 0 aliphatic rings. The molecule has 14 heavy (non-hydrogen) atoms. The van der Waals surface area contributed by atoms with E-state index in [0.717, 1.165) is 6.42 Å². The van der Waals surface area contributed by atoms with E-state index >= 15 is 0 Å². The second-order valence-electron chi connectivity index (χ2n) is 5.03. The zero-order valence-electron chi connectivity index (χ0n) is 10.6. The fourth-order valence-corrected chi connectivity index (χ4v) is 1.22. The molecule has 0 radical (unpaired) electrons. The highest BCUT2D eigenvalue weighted by Gasteiger charge is 2.12. The number of allylic oxidation sites excluding steroid dienone is 3. The maximum Gasteiger partial charge on any atom is -0.0138 e. The fourth-order valence-electron chi connectivity index (χ4n) is 1.22. The lowest BCUT2D eigenvalue weighted by Crippen LogP contribution is -2.06. The zero-order valence-corrected chi connectivity index (χ0v) is 10.6. The second kappa shape index (κ2) is 6.06. The van der Waals surface area contributed by atoms with Gasteiger partial charge < -0.3 is 0 Å². The van der Waals surface area contributed by atoms with E-state index in [2.05, 4.69) is 47.3 Å². The van der Waals surface area contributed by atoms with Crippen molar-refractivity contribution < 1.29 is 0 Å². The van der Waals surface area contributed by atoms with Crippen LogP contribution in [0, 0.1) is 5.41 Å². The predicted molar refractivity (Wildman–Crippen MR) is 66.5 cm³/mol. The minimum atomic E-state index is 0.215. The monoisotopic (exact) mass is 194 g/mol. The summed E-state index contributed by atoms with van der Waals surface area (Å²) in [6, 6.07) is 0. The topological polar surface area (TPSA) is 0 Å². The molecule has 0 aliphatic carbocycles. The standard InChI is InChI=1S/C14H26/c1-7-9-10-13(8-2)11-12(3)14(4,5)6/h11H,3,7-10H2,1-2,4-6H3. The summed E-state index contributed by atoms with van der Waals surface area (Å²) in [5, 5.41) is 0. The Kier molecular flexibility index (Phi) is 5.83. The molecule has 0 atom stereocenters. The first-order valence-corrected chi connectivity index (χ1v) is 5.80. The largest absolute Gasteiger partial charge is 0.0953 e. The predicted octanol–water partition coefficient (Wildman–Crippen LogP) is 5.12. The molecule has 0 aliphatic heterocycles. The normalized spacial score (nSPS) is 13.1. The summed E-state index contributed by atoms with van der Waals surface area (Å²) < 4.78 is 0. The number of rotatable bonds is 5. The third kappa shape index (κ3) is 5.26. The summed E-state index contributed by atoms with van der Waals surface area (Å²) in [5.41, 5.74) is 3.02. The Morgan fingerprint density at radius 1 is 1.21 bits per heavy atom. The number of hydrogen-bond acceptors (Lipinski definition) is 0. The molecule has 0 N–H and O–H groups in total. The molecule has 0 unspecified atom stereocenters. The molecule has 0 saturated carbocycles. The third-order valence-electron chi connectivity index (χ3n) is 2.65. The van der Waals surface area contributed by atoms with Gasteiger partial charge in [-0.15, -0.1) is 0 Å². The summed E-state index contributed by atoms with van der Waals surface area (Å²) in [4.78, 5) is 0. The molecular weight excluding hydrogens is 168 g/mol. The molecule has 82 valence electrons. The molecule has 0 amide bonds. The molecule has 0 bridgehead atoms. The van der Waals surface area contributed by atoms with Crippen molar-refractivity contribution in [3.63, 3.8) is 0 Å². The maximum atomic E-state index is 4.15. The van der Waals surface area contributed by atoms with Gasteiger partial charge in [-0.05, 0) is 30.3 Å². The van der Waals surface area contributed by atoms with Gasteiger partial charge in [-0.1, -0.05) is 59.3 Å². The van der Waals surface area contributed by atoms with Gasteiger partial charge in [-0.2, -0.15) is 0 Å². The van der Waals surface area contributed by atoms with Crippen molar-refractivity contribution in [2.75, 3.05) is 0 Å². The van der Waals surface area contributed by atoms with E-state index in [0.29, 0.717) is 0 Å². The van der Waals surface area contributed by atoms with Crippen molar-refractivity contribution in [1.29, 1.82) is 0 Å². The van der Waals surface area contributed by atoms with Crippen molar-refractivity contribution in [2.24, 2.45) is 5.41 Å². The highest BCUT2D eigenvalue weighted by molar-refractivity contribution is 5.25. The summed E-state index contributed by atoms with van der Waals surface area (Å²) >= 11 is 0. The summed E-state index contributed by atoms with van der Waals surface area (Å²) in [5.74, 6) is 0. The Hall–Kier alpha value is -0.520. The van der Waals surface area contributed by atoms with Crippen molar-refractivity contribution >= 4 is 0 Å². The summed E-state index contributed by atoms with van der Waals surface area (Å²) in [6.45, 7) is 15.3. The van der Waals surface area contributed by atoms with Crippen molar-refractivity contribution in [3.8, 4) is 0 Å². The molecule has 0 rings (SSSR count). The zero-order chi connectivity index (χ0) is 11.2. The van der Waals surface area contributed by atoms with E-state index in [1.807, 2.05) is 0 Å². The minimum Gasteiger partial charge on any atom is -0.0953 e. The molecular formula is C14H26. The van der Waals surface area contributed by atoms with Crippen LogP contribution in [0.5, 0.6) is 0 Å². The summed E-state index contributed by atoms with van der Waals surface area (Å²) in [7, 11) is 0. The van der Waals surface area contributed by atoms with Crippen LogP contribution in [0.2, 0.25) is 0 Å². The van der Waals surface area contributed by atoms with Crippen LogP contribution in [0.1, 0.15) is 60.3 Å². The Balaban J connectivity index is 4.36. The van der Waals surface area contributed by atoms with Crippen molar-refractivity contribution in [1.82, 2.24) is 0 Å². The average Bonchev–Trinajstić information content (AvgIpc) is 2.10. The van der Waals surface area contributed by atoms with Gasteiger partial charge in [0.05, 0.1) is 0 Å². The van der Waals surface area contributed by atoms with Crippen LogP contribution in [0.4, 0.5) is 0 Å². The number of hydrogen-bond donors (Lipinski definition) is 0. The van der Waals surface area contributed by atoms with E-state index < -0.39 is 0 Å². The Morgan fingerprint density at radius 2 is 1.79 bits per heavy atom. The van der Waals surface area contributed by atoms with Gasteiger partial charge in [-0.3, -0.25) is 0 Å². The first kappa shape index (κ1) is 13.5. The van der Waals surface area contributed by atoms with Crippen LogP contribution in [0.15, 0.2) is 23.8 Å². The van der Waals surface area contributed by atoms with Crippen LogP contribution in [-0.2, 0) is 0 Å². The Bertz CT molecular complexity index is 201. The van der Waals surface area contributed by atoms with Gasteiger partial charge in [0.2, 0.25) is 0 Å². The van der Waals surface area contributed by atoms with Gasteiger partial charge >= 0.3 is 0 Å². The van der Waals surface area contributed by atoms with Crippen LogP contribution in [-0.4, -0.2) is 0 Å². The van der Waals surface area contributed by atoms with Gasteiger partial charge in [0.15, 0.2) is 0 Å². The van der Waals surface area contributed by atoms with E-state index in [9.17, 15) is 0 Å². The van der Waals surface area contributed by atoms with E-state index in [-0.39, 0.29) is 5.41 Å². The Labute approximate surface area is 90.1 Å². The quantitative estimate of drug-likeness (QED) is 0.533. The first-order chi connectivity index (χ1) is 6.41. The Morgan fingerprint density at radius 3 is 2.14 bits per heavy atom. The molecule has 0 fully saturated rings. The lowest BCUT2D eigenvalue weighted by molar-refractivity contribution is 0.517. The minimum absolute atomic E-state index is 0.215. The molecule has 0 heteroatoms. The fraction of sp³-hybridized carbons (Fsp3) is 0.714. The van der Waals surface area contributed by atoms with Gasteiger partial charge in [0.1, 0.15) is 0 Å². The first-order valence-electron chi connectivity index (χ1n) is 5.80. The van der Waals surface area contributed by atoms with Crippen LogP contribution >= 0.6 is 0 Å². The average molecular weight is 194 g/mol. The molecule has 0 spiro atoms. The van der Waals surface area contributed by atoms with E-state index in [4.69, 9.17) is 0 Å². The van der Waals surface area contributed by atoms with E-state index in [1.54, 1.807) is 5.57 Å². The SMILES string of the molecule is C=C(C=C(CC)CCCC)C(C)(C)C. The molecule has 0 saturated heterocycles. The van der Waals surface area contributed by atoms with Crippen molar-refractivity contribution in [2.45, 2.75) is 60.3 Å². The molecule has 0 aromatic carbocycles. The lowest BCUT2D eigenvalue weighted by Gasteiger charge is -2.20. The molecule has 0 aromatic rings. The van der Waals surface area contributed by atoms with Gasteiger partial charge in [0, 0.05) is 0 Å². The highest BCUT2D eigenvalue weighted by atomic mass is 14.2. The van der Waals surface area contributed by atoms with Crippen molar-refractivity contribution in [3.05, 3.63) is 23.8 Å². The van der Waals surface area contributed by atoms with Crippen LogP contribution in [0.3, 0.4) is 0 Å². The van der Waals surface area contributed by atoms with Gasteiger partial charge in [-0.25, -0.2) is 0 Å². The highest BCUT2D eigenvalue weighted by Crippen LogP contribution is 2.27. The third-order valence-corrected chi connectivity index (χ3v) is 2.65. The van der Waals surface area contributed by atoms with E-state index in [1.165, 1.54) is 24.8 Å². The second-order valence-corrected chi connectivity index (χ2v) is 5.03. The van der Waals surface area contributed by atoms with Gasteiger partial charge in [0.25, 0.3) is 0 Å². The molecule has 0 aromatic heterocycles. The lowest BCUT2D eigenvalue weighted by atomic mass is 9.85. The maximum absolute atomic E-state index is 4.15. The number of unbranched alkanes of at least 4 members (excludes halogenated alkanes) is 1. The van der Waals surface area contributed by atoms with Crippen LogP contribution in [0.25, 0.3) is 0 Å². The smallest absolute Gasteiger partial charge is 0.0138 e. The summed E-state index contributed by atoms with van der Waals surface area (Å²) in [6.07, 6.45) is 7.28. The molecule has 0 heterocycles.